The first-order chi connectivity index (χ1) is 15.1. The molecule has 0 aromatic heterocycles. The van der Waals surface area contributed by atoms with Crippen LogP contribution in [0.4, 0.5) is 5.69 Å². The Hall–Kier alpha value is -2.85. The average Bonchev–Trinajstić information content (AvgIpc) is 3.05. The fraction of sp³-hybridized carbons (Fsp3) is 0.367. The van der Waals surface area contributed by atoms with Gasteiger partial charge in [-0.25, -0.2) is 4.85 Å². The molecule has 0 bridgehead atoms. The number of benzene rings is 3. The summed E-state index contributed by atoms with van der Waals surface area (Å²) >= 11 is 0. The first-order valence-corrected chi connectivity index (χ1v) is 11.8. The average molecular weight is 408 g/mol. The Balaban J connectivity index is 1.84. The quantitative estimate of drug-likeness (QED) is 0.259. The maximum Gasteiger partial charge on any atom is 0.187 e. The summed E-state index contributed by atoms with van der Waals surface area (Å²) in [6.07, 6.45) is 8.91. The molecule has 0 spiro atoms. The zero-order valence-corrected chi connectivity index (χ0v) is 19.2. The number of fused-ring (bicyclic) bond motifs is 3. The van der Waals surface area contributed by atoms with Crippen molar-refractivity contribution < 1.29 is 0 Å². The van der Waals surface area contributed by atoms with E-state index in [-0.39, 0.29) is 5.41 Å². The van der Waals surface area contributed by atoms with Crippen molar-refractivity contribution in [3.63, 3.8) is 0 Å². The minimum atomic E-state index is -0.131. The Morgan fingerprint density at radius 1 is 0.710 bits per heavy atom. The number of rotatable bonds is 8. The molecule has 0 unspecified atom stereocenters. The van der Waals surface area contributed by atoms with Crippen LogP contribution in [0.15, 0.2) is 60.7 Å². The molecule has 3 aromatic rings. The van der Waals surface area contributed by atoms with E-state index in [0.29, 0.717) is 5.69 Å². The highest BCUT2D eigenvalue weighted by Gasteiger charge is 2.44. The number of nitrogens with zero attached hydrogens (tertiary/aromatic N) is 1. The molecule has 0 radical (unpaired) electrons. The zero-order chi connectivity index (χ0) is 21.8. The van der Waals surface area contributed by atoms with E-state index in [1.807, 2.05) is 12.1 Å². The topological polar surface area (TPSA) is 4.36 Å². The molecule has 0 aliphatic heterocycles. The molecule has 1 aliphatic carbocycles. The fourth-order valence-electron chi connectivity index (χ4n) is 5.35. The predicted molar refractivity (Wildman–Crippen MR) is 132 cm³/mol. The summed E-state index contributed by atoms with van der Waals surface area (Å²) in [6, 6.07) is 22.3. The minimum absolute atomic E-state index is 0.131. The second kappa shape index (κ2) is 9.11. The highest BCUT2D eigenvalue weighted by molar-refractivity contribution is 5.84. The van der Waals surface area contributed by atoms with Crippen LogP contribution in [0.5, 0.6) is 0 Å². The third-order valence-electron chi connectivity index (χ3n) is 6.95. The van der Waals surface area contributed by atoms with Crippen LogP contribution in [0.3, 0.4) is 0 Å². The lowest BCUT2D eigenvalue weighted by molar-refractivity contribution is 0.506. The second-order valence-electron chi connectivity index (χ2n) is 9.18. The monoisotopic (exact) mass is 407 g/mol. The summed E-state index contributed by atoms with van der Waals surface area (Å²) in [5, 5.41) is 0. The van der Waals surface area contributed by atoms with Crippen LogP contribution in [0.2, 0.25) is 0 Å². The standard InChI is InChI=1S/C30H33N/c1-5-6-7-8-9-10-19-30(24-13-15-25(31-4)16-14-24)28-20-22(2)11-17-26(28)27-18-12-23(3)21-29(27)30/h11-18,20-21H,5-10,19H2,1-3H3. The van der Waals surface area contributed by atoms with E-state index in [4.69, 9.17) is 6.57 Å². The molecule has 0 saturated carbocycles. The van der Waals surface area contributed by atoms with Crippen molar-refractivity contribution in [2.24, 2.45) is 0 Å². The molecule has 1 nitrogen and oxygen atoms in total. The van der Waals surface area contributed by atoms with Gasteiger partial charge in [-0.2, -0.15) is 0 Å². The van der Waals surface area contributed by atoms with Crippen LogP contribution in [-0.4, -0.2) is 0 Å². The normalized spacial score (nSPS) is 13.5. The lowest BCUT2D eigenvalue weighted by Gasteiger charge is -2.34. The Morgan fingerprint density at radius 2 is 1.26 bits per heavy atom. The molecule has 1 aliphatic rings. The van der Waals surface area contributed by atoms with Gasteiger partial charge >= 0.3 is 0 Å². The summed E-state index contributed by atoms with van der Waals surface area (Å²) in [7, 11) is 0. The maximum absolute atomic E-state index is 7.38. The van der Waals surface area contributed by atoms with E-state index in [1.54, 1.807) is 0 Å². The van der Waals surface area contributed by atoms with E-state index in [2.05, 4.69) is 74.1 Å². The molecule has 31 heavy (non-hydrogen) atoms. The van der Waals surface area contributed by atoms with Gasteiger partial charge in [0.15, 0.2) is 5.69 Å². The molecule has 0 atom stereocenters. The maximum atomic E-state index is 7.38. The SMILES string of the molecule is [C-]#[N+]c1ccc(C2(CCCCCCCC)c3cc(C)ccc3-c3ccc(C)cc32)cc1. The molecule has 4 rings (SSSR count). The largest absolute Gasteiger partial charge is 0.238 e. The van der Waals surface area contributed by atoms with E-state index < -0.39 is 0 Å². The number of hydrogen-bond acceptors (Lipinski definition) is 0. The minimum Gasteiger partial charge on any atom is -0.238 e. The molecule has 0 saturated heterocycles. The van der Waals surface area contributed by atoms with E-state index >= 15 is 0 Å². The Bertz CT molecular complexity index is 1050. The predicted octanol–water partition coefficient (Wildman–Crippen LogP) is 8.92. The van der Waals surface area contributed by atoms with Crippen LogP contribution in [0.1, 0.15) is 79.7 Å². The number of unbranched alkanes of at least 4 members (excludes halogenated alkanes) is 5. The van der Waals surface area contributed by atoms with E-state index in [9.17, 15) is 0 Å². The Kier molecular flexibility index (Phi) is 6.28. The van der Waals surface area contributed by atoms with Crippen molar-refractivity contribution in [3.05, 3.63) is 99.9 Å². The molecular formula is C30H33N. The lowest BCUT2D eigenvalue weighted by atomic mass is 9.68. The van der Waals surface area contributed by atoms with Gasteiger partial charge in [-0.3, -0.25) is 0 Å². The van der Waals surface area contributed by atoms with Gasteiger partial charge in [-0.1, -0.05) is 117 Å². The van der Waals surface area contributed by atoms with Crippen molar-refractivity contribution in [1.29, 1.82) is 0 Å². The first kappa shape index (κ1) is 21.4. The molecule has 1 heteroatoms. The van der Waals surface area contributed by atoms with E-state index in [1.165, 1.54) is 77.5 Å². The van der Waals surface area contributed by atoms with Crippen LogP contribution >= 0.6 is 0 Å². The lowest BCUT2D eigenvalue weighted by Crippen LogP contribution is -2.27. The number of aryl methyl sites for hydroxylation is 2. The fourth-order valence-corrected chi connectivity index (χ4v) is 5.35. The van der Waals surface area contributed by atoms with Gasteiger partial charge in [-0.05, 0) is 48.1 Å². The van der Waals surface area contributed by atoms with Gasteiger partial charge in [0.25, 0.3) is 0 Å². The Labute approximate surface area is 188 Å². The highest BCUT2D eigenvalue weighted by Crippen LogP contribution is 2.55. The molecule has 3 aromatic carbocycles. The smallest absolute Gasteiger partial charge is 0.187 e. The molecule has 0 amide bonds. The van der Waals surface area contributed by atoms with Gasteiger partial charge in [-0.15, -0.1) is 0 Å². The van der Waals surface area contributed by atoms with Crippen molar-refractivity contribution in [3.8, 4) is 11.1 Å². The molecule has 0 heterocycles. The van der Waals surface area contributed by atoms with E-state index in [0.717, 1.165) is 6.42 Å². The van der Waals surface area contributed by atoms with Crippen LogP contribution in [-0.2, 0) is 5.41 Å². The van der Waals surface area contributed by atoms with Gasteiger partial charge in [0, 0.05) is 5.41 Å². The van der Waals surface area contributed by atoms with Crippen molar-refractivity contribution >= 4 is 5.69 Å². The summed E-state index contributed by atoms with van der Waals surface area (Å²) < 4.78 is 0. The van der Waals surface area contributed by atoms with Crippen molar-refractivity contribution in [2.75, 3.05) is 0 Å². The van der Waals surface area contributed by atoms with Gasteiger partial charge in [0.05, 0.1) is 6.57 Å². The van der Waals surface area contributed by atoms with Crippen LogP contribution in [0, 0.1) is 20.4 Å². The van der Waals surface area contributed by atoms with Gasteiger partial charge in [0.1, 0.15) is 0 Å². The molecule has 0 N–H and O–H groups in total. The second-order valence-corrected chi connectivity index (χ2v) is 9.18. The molecule has 158 valence electrons. The van der Waals surface area contributed by atoms with Crippen LogP contribution < -0.4 is 0 Å². The third-order valence-corrected chi connectivity index (χ3v) is 6.95. The summed E-state index contributed by atoms with van der Waals surface area (Å²) in [6.45, 7) is 14.1. The summed E-state index contributed by atoms with van der Waals surface area (Å²) in [5.41, 5.74) is 10.2. The van der Waals surface area contributed by atoms with Crippen molar-refractivity contribution in [1.82, 2.24) is 0 Å². The first-order valence-electron chi connectivity index (χ1n) is 11.8. The Morgan fingerprint density at radius 3 is 1.81 bits per heavy atom. The van der Waals surface area contributed by atoms with Gasteiger partial charge < -0.3 is 0 Å². The number of hydrogen-bond donors (Lipinski definition) is 0. The van der Waals surface area contributed by atoms with Crippen molar-refractivity contribution in [2.45, 2.75) is 71.1 Å². The highest BCUT2D eigenvalue weighted by atomic mass is 14.6. The zero-order valence-electron chi connectivity index (χ0n) is 19.2. The third kappa shape index (κ3) is 3.92. The van der Waals surface area contributed by atoms with Crippen LogP contribution in [0.25, 0.3) is 16.0 Å². The molecule has 0 fully saturated rings. The summed E-state index contributed by atoms with van der Waals surface area (Å²) in [4.78, 5) is 3.63. The van der Waals surface area contributed by atoms with Gasteiger partial charge in [0.2, 0.25) is 0 Å². The summed E-state index contributed by atoms with van der Waals surface area (Å²) in [5.74, 6) is 0. The molecular weight excluding hydrogens is 374 g/mol.